The van der Waals surface area contributed by atoms with E-state index in [4.69, 9.17) is 11.6 Å². The number of hydrogen-bond acceptors (Lipinski definition) is 2. The summed E-state index contributed by atoms with van der Waals surface area (Å²) in [5.74, 6) is 1.42. The molecular formula is C12H15BrClNOS. The minimum absolute atomic E-state index is 0.0916. The number of benzene rings is 1. The smallest absolute Gasteiger partial charge is 0.0465 e. The highest BCUT2D eigenvalue weighted by Gasteiger charge is 2.23. The summed E-state index contributed by atoms with van der Waals surface area (Å²) in [5.41, 5.74) is 1.04. The van der Waals surface area contributed by atoms with Gasteiger partial charge in [0.05, 0.1) is 0 Å². The Morgan fingerprint density at radius 2 is 2.29 bits per heavy atom. The molecule has 1 aromatic rings. The molecule has 2 nitrogen and oxygen atoms in total. The molecule has 1 aromatic carbocycles. The van der Waals surface area contributed by atoms with Crippen LogP contribution in [0, 0.1) is 0 Å². The monoisotopic (exact) mass is 335 g/mol. The lowest BCUT2D eigenvalue weighted by Crippen LogP contribution is -2.30. The van der Waals surface area contributed by atoms with Crippen molar-refractivity contribution >= 4 is 38.3 Å². The third-order valence-corrected chi connectivity index (χ3v) is 5.17. The minimum Gasteiger partial charge on any atom is -0.307 e. The molecule has 1 aliphatic heterocycles. The van der Waals surface area contributed by atoms with Crippen LogP contribution in [0.1, 0.15) is 24.9 Å². The van der Waals surface area contributed by atoms with Gasteiger partial charge in [-0.05, 0) is 31.0 Å². The molecule has 1 N–H and O–H groups in total. The fourth-order valence-corrected chi connectivity index (χ4v) is 4.25. The summed E-state index contributed by atoms with van der Waals surface area (Å²) in [6.07, 6.45) is 0.956. The third-order valence-electron chi connectivity index (χ3n) is 2.95. The molecule has 0 radical (unpaired) electrons. The maximum absolute atomic E-state index is 11.8. The van der Waals surface area contributed by atoms with Crippen molar-refractivity contribution in [1.29, 1.82) is 0 Å². The van der Waals surface area contributed by atoms with Crippen LogP contribution in [0.5, 0.6) is 0 Å². The summed E-state index contributed by atoms with van der Waals surface area (Å²) < 4.78 is 12.8. The van der Waals surface area contributed by atoms with Crippen molar-refractivity contribution in [2.45, 2.75) is 25.4 Å². The highest BCUT2D eigenvalue weighted by atomic mass is 79.9. The first-order chi connectivity index (χ1) is 8.06. The molecule has 0 bridgehead atoms. The van der Waals surface area contributed by atoms with Gasteiger partial charge >= 0.3 is 0 Å². The first-order valence-electron chi connectivity index (χ1n) is 5.62. The fourth-order valence-electron chi connectivity index (χ4n) is 2.02. The third kappa shape index (κ3) is 3.53. The molecule has 0 aromatic heterocycles. The van der Waals surface area contributed by atoms with Crippen molar-refractivity contribution < 1.29 is 4.21 Å². The molecule has 2 rings (SSSR count). The van der Waals surface area contributed by atoms with Crippen molar-refractivity contribution in [2.24, 2.45) is 0 Å². The summed E-state index contributed by atoms with van der Waals surface area (Å²) in [4.78, 5) is 0. The lowest BCUT2D eigenvalue weighted by atomic mass is 10.1. The van der Waals surface area contributed by atoms with E-state index < -0.39 is 10.8 Å². The number of rotatable bonds is 1. The lowest BCUT2D eigenvalue weighted by Gasteiger charge is -2.20. The van der Waals surface area contributed by atoms with E-state index in [1.165, 1.54) is 0 Å². The Hall–Kier alpha value is 0.1000. The average molecular weight is 337 g/mol. The van der Waals surface area contributed by atoms with Gasteiger partial charge < -0.3 is 5.32 Å². The van der Waals surface area contributed by atoms with Gasteiger partial charge in [0.1, 0.15) is 0 Å². The molecule has 1 aliphatic rings. The first-order valence-corrected chi connectivity index (χ1v) is 8.28. The zero-order chi connectivity index (χ0) is 12.4. The van der Waals surface area contributed by atoms with Crippen molar-refractivity contribution in [3.63, 3.8) is 0 Å². The van der Waals surface area contributed by atoms with Gasteiger partial charge in [-0.1, -0.05) is 33.6 Å². The Kier molecular flexibility index (Phi) is 4.64. The second-order valence-electron chi connectivity index (χ2n) is 4.39. The molecule has 1 fully saturated rings. The van der Waals surface area contributed by atoms with Crippen molar-refractivity contribution in [1.82, 2.24) is 5.32 Å². The van der Waals surface area contributed by atoms with Crippen LogP contribution < -0.4 is 5.32 Å². The molecule has 1 heterocycles. The Morgan fingerprint density at radius 3 is 3.00 bits per heavy atom. The maximum atomic E-state index is 11.8. The zero-order valence-electron chi connectivity index (χ0n) is 9.58. The normalized spacial score (nSPS) is 29.9. The standard InChI is InChI=1S/C12H15BrClNOS/c1-8-4-5-17(16)7-12(15-8)10-3-2-9(13)6-11(10)14/h2-3,6,8,12,15H,4-5,7H2,1H3. The predicted octanol–water partition coefficient (Wildman–Crippen LogP) is 3.27. The second-order valence-corrected chi connectivity index (χ2v) is 7.33. The topological polar surface area (TPSA) is 29.1 Å². The Bertz CT molecular complexity index is 441. The van der Waals surface area contributed by atoms with Gasteiger partial charge in [0.25, 0.3) is 0 Å². The lowest BCUT2D eigenvalue weighted by molar-refractivity contribution is 0.485. The SMILES string of the molecule is CC1CCS(=O)CC(c2ccc(Br)cc2Cl)N1. The number of nitrogens with one attached hydrogen (secondary N) is 1. The minimum atomic E-state index is -0.755. The first kappa shape index (κ1) is 13.5. The summed E-state index contributed by atoms with van der Waals surface area (Å²) in [5, 5.41) is 4.22. The Labute approximate surface area is 118 Å². The largest absolute Gasteiger partial charge is 0.307 e. The van der Waals surface area contributed by atoms with Crippen LogP contribution in [0.15, 0.2) is 22.7 Å². The molecule has 5 heteroatoms. The maximum Gasteiger partial charge on any atom is 0.0465 e. The van der Waals surface area contributed by atoms with Crippen LogP contribution in [0.2, 0.25) is 5.02 Å². The van der Waals surface area contributed by atoms with E-state index in [2.05, 4.69) is 28.2 Å². The van der Waals surface area contributed by atoms with Crippen LogP contribution >= 0.6 is 27.5 Å². The van der Waals surface area contributed by atoms with Crippen molar-refractivity contribution in [3.05, 3.63) is 33.3 Å². The molecule has 3 atom stereocenters. The quantitative estimate of drug-likeness (QED) is 0.853. The van der Waals surface area contributed by atoms with Crippen LogP contribution in [0.3, 0.4) is 0 Å². The molecule has 17 heavy (non-hydrogen) atoms. The van der Waals surface area contributed by atoms with Gasteiger partial charge in [0, 0.05) is 43.9 Å². The van der Waals surface area contributed by atoms with E-state index >= 15 is 0 Å². The van der Waals surface area contributed by atoms with Gasteiger partial charge in [-0.25, -0.2) is 0 Å². The van der Waals surface area contributed by atoms with Crippen LogP contribution in [0.4, 0.5) is 0 Å². The fraction of sp³-hybridized carbons (Fsp3) is 0.500. The van der Waals surface area contributed by atoms with Gasteiger partial charge in [-0.3, -0.25) is 4.21 Å². The van der Waals surface area contributed by atoms with Crippen LogP contribution in [-0.4, -0.2) is 21.8 Å². The molecule has 0 aliphatic carbocycles. The van der Waals surface area contributed by atoms with Crippen molar-refractivity contribution in [3.8, 4) is 0 Å². The zero-order valence-corrected chi connectivity index (χ0v) is 12.7. The highest BCUT2D eigenvalue weighted by molar-refractivity contribution is 9.10. The summed E-state index contributed by atoms with van der Waals surface area (Å²) in [6.45, 7) is 2.13. The summed E-state index contributed by atoms with van der Waals surface area (Å²) in [6, 6.07) is 6.33. The van der Waals surface area contributed by atoms with E-state index in [-0.39, 0.29) is 6.04 Å². The molecule has 0 amide bonds. The van der Waals surface area contributed by atoms with E-state index in [1.54, 1.807) is 0 Å². The van der Waals surface area contributed by atoms with Crippen molar-refractivity contribution in [2.75, 3.05) is 11.5 Å². The van der Waals surface area contributed by atoms with Gasteiger partial charge in [0.2, 0.25) is 0 Å². The molecular weight excluding hydrogens is 322 g/mol. The van der Waals surface area contributed by atoms with Gasteiger partial charge in [0.15, 0.2) is 0 Å². The predicted molar refractivity (Wildman–Crippen MR) is 77.0 cm³/mol. The van der Waals surface area contributed by atoms with Gasteiger partial charge in [-0.2, -0.15) is 0 Å². The van der Waals surface area contributed by atoms with E-state index in [9.17, 15) is 4.21 Å². The van der Waals surface area contributed by atoms with Crippen LogP contribution in [-0.2, 0) is 10.8 Å². The number of hydrogen-bond donors (Lipinski definition) is 1. The molecule has 3 unspecified atom stereocenters. The summed E-state index contributed by atoms with van der Waals surface area (Å²) >= 11 is 9.64. The second kappa shape index (κ2) is 5.83. The molecule has 0 saturated carbocycles. The average Bonchev–Trinajstić information content (AvgIpc) is 2.40. The van der Waals surface area contributed by atoms with Gasteiger partial charge in [-0.15, -0.1) is 0 Å². The summed E-state index contributed by atoms with van der Waals surface area (Å²) in [7, 11) is -0.755. The highest BCUT2D eigenvalue weighted by Crippen LogP contribution is 2.28. The molecule has 0 spiro atoms. The Balaban J connectivity index is 2.27. The van der Waals surface area contributed by atoms with Crippen LogP contribution in [0.25, 0.3) is 0 Å². The molecule has 1 saturated heterocycles. The Morgan fingerprint density at radius 1 is 1.53 bits per heavy atom. The number of halogens is 2. The molecule has 94 valence electrons. The van der Waals surface area contributed by atoms with E-state index in [1.807, 2.05) is 18.2 Å². The van der Waals surface area contributed by atoms with E-state index in [0.29, 0.717) is 11.8 Å². The van der Waals surface area contributed by atoms with E-state index in [0.717, 1.165) is 27.2 Å².